The number of halogens is 1. The number of methoxy groups -OCH3 is 1. The number of rotatable bonds is 15. The highest BCUT2D eigenvalue weighted by Gasteiger charge is 2.41. The summed E-state index contributed by atoms with van der Waals surface area (Å²) in [4.78, 5) is 53.7. The number of hydrogen-bond acceptors (Lipinski definition) is 7. The van der Waals surface area contributed by atoms with Gasteiger partial charge < -0.3 is 30.1 Å². The lowest BCUT2D eigenvalue weighted by Gasteiger charge is -2.31. The summed E-state index contributed by atoms with van der Waals surface area (Å²) in [5.41, 5.74) is -0.715. The summed E-state index contributed by atoms with van der Waals surface area (Å²) in [6.07, 6.45) is 4.46. The van der Waals surface area contributed by atoms with Gasteiger partial charge in [0.2, 0.25) is 17.5 Å². The van der Waals surface area contributed by atoms with E-state index in [2.05, 4.69) is 10.6 Å². The Morgan fingerprint density at radius 1 is 1.05 bits per heavy atom. The normalized spacial score (nSPS) is 15.4. The summed E-state index contributed by atoms with van der Waals surface area (Å²) in [6, 6.07) is 15.5. The van der Waals surface area contributed by atoms with Crippen molar-refractivity contribution in [1.29, 1.82) is 0 Å². The minimum Gasteiger partial charge on any atom is -0.465 e. The molecule has 1 unspecified atom stereocenters. The van der Waals surface area contributed by atoms with Crippen LogP contribution in [0.3, 0.4) is 0 Å². The molecule has 0 bridgehead atoms. The molecule has 11 heteroatoms. The topological polar surface area (TPSA) is 134 Å². The number of nitrogens with one attached hydrogen (secondary N) is 2. The summed E-state index contributed by atoms with van der Waals surface area (Å²) in [5, 5.41) is 16.8. The van der Waals surface area contributed by atoms with Gasteiger partial charge in [-0.2, -0.15) is 0 Å². The second-order valence-electron chi connectivity index (χ2n) is 11.2. The molecule has 44 heavy (non-hydrogen) atoms. The molecule has 0 radical (unpaired) electrons. The Morgan fingerprint density at radius 2 is 1.75 bits per heavy atom. The SMILES string of the molecule is CCN(CCc1ccccc1)C(=O)CCC(O)(NC(=O)[C@H](CC1CCCCC1)NC(=O)OCc1cccc(Cl)c1)C(=O)OC. The number of nitrogens with zero attached hydrogens (tertiary/aromatic N) is 1. The van der Waals surface area contributed by atoms with Crippen molar-refractivity contribution in [3.63, 3.8) is 0 Å². The summed E-state index contributed by atoms with van der Waals surface area (Å²) in [5.74, 6) is -1.98. The van der Waals surface area contributed by atoms with Crippen LogP contribution in [0.5, 0.6) is 0 Å². The third-order valence-corrected chi connectivity index (χ3v) is 8.20. The van der Waals surface area contributed by atoms with E-state index in [9.17, 15) is 24.3 Å². The molecule has 3 rings (SSSR count). The second-order valence-corrected chi connectivity index (χ2v) is 11.6. The van der Waals surface area contributed by atoms with Crippen LogP contribution in [0.2, 0.25) is 5.02 Å². The van der Waals surface area contributed by atoms with Gasteiger partial charge in [0.25, 0.3) is 0 Å². The zero-order chi connectivity index (χ0) is 32.0. The number of alkyl carbamates (subject to hydrolysis) is 1. The fraction of sp³-hybridized carbons (Fsp3) is 0.515. The summed E-state index contributed by atoms with van der Waals surface area (Å²) in [6.45, 7) is 2.70. The number of amides is 3. The van der Waals surface area contributed by atoms with E-state index < -0.39 is 36.2 Å². The maximum Gasteiger partial charge on any atom is 0.408 e. The molecule has 1 aliphatic carbocycles. The maximum atomic E-state index is 13.5. The maximum absolute atomic E-state index is 13.5. The van der Waals surface area contributed by atoms with Gasteiger partial charge in [-0.1, -0.05) is 86.2 Å². The van der Waals surface area contributed by atoms with Crippen molar-refractivity contribution in [2.24, 2.45) is 5.92 Å². The quantitative estimate of drug-likeness (QED) is 0.191. The Kier molecular flexibility index (Phi) is 14.0. The first-order chi connectivity index (χ1) is 21.1. The Morgan fingerprint density at radius 3 is 2.41 bits per heavy atom. The minimum atomic E-state index is -2.47. The lowest BCUT2D eigenvalue weighted by atomic mass is 9.84. The van der Waals surface area contributed by atoms with Gasteiger partial charge in [0.1, 0.15) is 12.6 Å². The molecule has 240 valence electrons. The van der Waals surface area contributed by atoms with Crippen molar-refractivity contribution < 1.29 is 33.8 Å². The third kappa shape index (κ3) is 11.1. The zero-order valence-corrected chi connectivity index (χ0v) is 26.3. The number of aliphatic hydroxyl groups is 1. The number of hydrogen-bond donors (Lipinski definition) is 3. The molecule has 3 N–H and O–H groups in total. The van der Waals surface area contributed by atoms with Crippen molar-refractivity contribution in [3.05, 3.63) is 70.7 Å². The van der Waals surface area contributed by atoms with Gasteiger partial charge in [0.05, 0.1) is 7.11 Å². The predicted octanol–water partition coefficient (Wildman–Crippen LogP) is 4.75. The van der Waals surface area contributed by atoms with Gasteiger partial charge in [0, 0.05) is 31.0 Å². The molecule has 0 spiro atoms. The van der Waals surface area contributed by atoms with Crippen molar-refractivity contribution >= 4 is 35.5 Å². The van der Waals surface area contributed by atoms with Gasteiger partial charge in [-0.15, -0.1) is 0 Å². The standard InChI is InChI=1S/C33H44ClN3O7/c1-3-37(20-18-24-11-6-4-7-12-24)29(38)17-19-33(42,31(40)43-2)36-30(39)28(22-25-13-8-5-9-14-25)35-32(41)44-23-26-15-10-16-27(34)21-26/h4,6-7,10-12,15-16,21,25,28,42H,3,5,8-9,13-14,17-20,22-23H2,1-2H3,(H,35,41)(H,36,39)/t28-,33?/m0/s1. The summed E-state index contributed by atoms with van der Waals surface area (Å²) >= 11 is 6.01. The number of likely N-dealkylation sites (N-methyl/N-ethyl adjacent to an activating group) is 1. The van der Waals surface area contributed by atoms with Crippen LogP contribution in [0.4, 0.5) is 4.79 Å². The molecule has 0 saturated heterocycles. The lowest BCUT2D eigenvalue weighted by Crippen LogP contribution is -2.60. The Labute approximate surface area is 264 Å². The zero-order valence-electron chi connectivity index (χ0n) is 25.6. The van der Waals surface area contributed by atoms with Crippen LogP contribution in [0, 0.1) is 5.92 Å². The number of benzene rings is 2. The van der Waals surface area contributed by atoms with Crippen LogP contribution in [0.25, 0.3) is 0 Å². The van der Waals surface area contributed by atoms with E-state index >= 15 is 0 Å². The lowest BCUT2D eigenvalue weighted by molar-refractivity contribution is -0.171. The summed E-state index contributed by atoms with van der Waals surface area (Å²) in [7, 11) is 1.09. The van der Waals surface area contributed by atoms with E-state index in [1.165, 1.54) is 0 Å². The molecule has 2 aromatic rings. The van der Waals surface area contributed by atoms with Crippen LogP contribution in [-0.4, -0.2) is 65.8 Å². The van der Waals surface area contributed by atoms with Crippen LogP contribution < -0.4 is 10.6 Å². The van der Waals surface area contributed by atoms with Gasteiger partial charge in [-0.3, -0.25) is 9.59 Å². The van der Waals surface area contributed by atoms with Crippen LogP contribution in [-0.2, 0) is 36.9 Å². The first kappa shape index (κ1) is 34.9. The third-order valence-electron chi connectivity index (χ3n) is 7.96. The Balaban J connectivity index is 1.66. The van der Waals surface area contributed by atoms with Crippen LogP contribution >= 0.6 is 11.6 Å². The van der Waals surface area contributed by atoms with Gasteiger partial charge in [0.15, 0.2) is 0 Å². The molecular weight excluding hydrogens is 586 g/mol. The van der Waals surface area contributed by atoms with Crippen molar-refractivity contribution in [2.75, 3.05) is 20.2 Å². The van der Waals surface area contributed by atoms with E-state index in [4.69, 9.17) is 21.1 Å². The van der Waals surface area contributed by atoms with E-state index in [1.807, 2.05) is 37.3 Å². The van der Waals surface area contributed by atoms with Gasteiger partial charge >= 0.3 is 12.1 Å². The van der Waals surface area contributed by atoms with E-state index in [0.717, 1.165) is 44.8 Å². The molecule has 0 aliphatic heterocycles. The van der Waals surface area contributed by atoms with E-state index in [-0.39, 0.29) is 24.9 Å². The number of ether oxygens (including phenoxy) is 2. The highest BCUT2D eigenvalue weighted by Crippen LogP contribution is 2.28. The number of carbonyl (C=O) groups excluding carboxylic acids is 4. The van der Waals surface area contributed by atoms with Gasteiger partial charge in [-0.05, 0) is 48.9 Å². The molecule has 2 aromatic carbocycles. The fourth-order valence-corrected chi connectivity index (χ4v) is 5.65. The van der Waals surface area contributed by atoms with Crippen LogP contribution in [0.1, 0.15) is 69.4 Å². The highest BCUT2D eigenvalue weighted by molar-refractivity contribution is 6.30. The molecule has 2 atom stereocenters. The minimum absolute atomic E-state index is 0.0590. The molecule has 10 nitrogen and oxygen atoms in total. The Bertz CT molecular complexity index is 1240. The number of carbonyl (C=O) groups is 4. The summed E-state index contributed by atoms with van der Waals surface area (Å²) < 4.78 is 10.1. The Hall–Kier alpha value is -3.63. The highest BCUT2D eigenvalue weighted by atomic mass is 35.5. The molecule has 1 fully saturated rings. The monoisotopic (exact) mass is 629 g/mol. The smallest absolute Gasteiger partial charge is 0.408 e. The van der Waals surface area contributed by atoms with Crippen molar-refractivity contribution in [3.8, 4) is 0 Å². The largest absolute Gasteiger partial charge is 0.465 e. The molecule has 0 heterocycles. The van der Waals surface area contributed by atoms with Crippen molar-refractivity contribution in [2.45, 2.75) is 83.1 Å². The number of esters is 1. The fourth-order valence-electron chi connectivity index (χ4n) is 5.44. The second kappa shape index (κ2) is 17.6. The molecule has 1 saturated carbocycles. The van der Waals surface area contributed by atoms with Crippen LogP contribution in [0.15, 0.2) is 54.6 Å². The van der Waals surface area contributed by atoms with E-state index in [1.54, 1.807) is 29.2 Å². The molecule has 1 aliphatic rings. The first-order valence-electron chi connectivity index (χ1n) is 15.3. The molecular formula is C33H44ClN3O7. The first-order valence-corrected chi connectivity index (χ1v) is 15.6. The van der Waals surface area contributed by atoms with E-state index in [0.29, 0.717) is 36.5 Å². The molecule has 3 amide bonds. The predicted molar refractivity (Wildman–Crippen MR) is 166 cm³/mol. The average Bonchev–Trinajstić information content (AvgIpc) is 3.03. The average molecular weight is 630 g/mol. The van der Waals surface area contributed by atoms with Gasteiger partial charge in [-0.25, -0.2) is 9.59 Å². The van der Waals surface area contributed by atoms with Crippen molar-refractivity contribution in [1.82, 2.24) is 15.5 Å². The molecule has 0 aromatic heterocycles.